The van der Waals surface area contributed by atoms with Crippen LogP contribution in [0.4, 0.5) is 4.39 Å². The van der Waals surface area contributed by atoms with E-state index in [0.717, 1.165) is 11.3 Å². The number of carbonyl (C=O) groups is 3. The van der Waals surface area contributed by atoms with Gasteiger partial charge in [-0.15, -0.1) is 0 Å². The molecule has 0 unspecified atom stereocenters. The zero-order valence-electron chi connectivity index (χ0n) is 18.0. The Kier molecular flexibility index (Phi) is 8.08. The minimum atomic E-state index is -0.625. The van der Waals surface area contributed by atoms with Crippen molar-refractivity contribution in [2.45, 2.75) is 32.7 Å². The maximum atomic E-state index is 13.3. The first-order valence-electron chi connectivity index (χ1n) is 10.6. The quantitative estimate of drug-likeness (QED) is 0.563. The van der Waals surface area contributed by atoms with Crippen LogP contribution in [-0.2, 0) is 25.7 Å². The smallest absolute Gasteiger partial charge is 0.306 e. The molecule has 7 nitrogen and oxygen atoms in total. The number of likely N-dealkylation sites (N-methyl/N-ethyl adjacent to an activating group) is 1. The standard InChI is InChI=1S/C24H26FN3O4/c1-2-27(16-18-7-6-10-20(25)15-18)23(30)17-32-24(31)12-11-22(29)28-14-13-21(26-28)19-8-4-3-5-9-19/h3-10,15H,2,11-14,16-17H2,1H3. The van der Waals surface area contributed by atoms with Crippen LogP contribution in [0.1, 0.15) is 37.3 Å². The fraction of sp³-hybridized carbons (Fsp3) is 0.333. The number of ether oxygens (including phenoxy) is 1. The molecule has 3 rings (SSSR count). The summed E-state index contributed by atoms with van der Waals surface area (Å²) in [5.74, 6) is -1.64. The van der Waals surface area contributed by atoms with E-state index >= 15 is 0 Å². The summed E-state index contributed by atoms with van der Waals surface area (Å²) in [6.07, 6.45) is 0.487. The first-order valence-corrected chi connectivity index (χ1v) is 10.6. The lowest BCUT2D eigenvalue weighted by atomic mass is 10.1. The molecule has 0 aliphatic carbocycles. The summed E-state index contributed by atoms with van der Waals surface area (Å²) in [6.45, 7) is 2.46. The lowest BCUT2D eigenvalue weighted by Gasteiger charge is -2.21. The van der Waals surface area contributed by atoms with Crippen LogP contribution in [0.2, 0.25) is 0 Å². The molecule has 0 saturated carbocycles. The number of benzene rings is 2. The number of rotatable bonds is 9. The van der Waals surface area contributed by atoms with Crippen molar-refractivity contribution in [1.82, 2.24) is 9.91 Å². The van der Waals surface area contributed by atoms with Crippen LogP contribution < -0.4 is 0 Å². The van der Waals surface area contributed by atoms with E-state index in [0.29, 0.717) is 25.1 Å². The molecule has 0 saturated heterocycles. The van der Waals surface area contributed by atoms with Gasteiger partial charge in [-0.2, -0.15) is 5.10 Å². The van der Waals surface area contributed by atoms with Crippen molar-refractivity contribution in [3.05, 3.63) is 71.5 Å². The van der Waals surface area contributed by atoms with Gasteiger partial charge in [0.25, 0.3) is 5.91 Å². The lowest BCUT2D eigenvalue weighted by molar-refractivity contribution is -0.153. The molecule has 2 aromatic rings. The molecule has 2 aromatic carbocycles. The van der Waals surface area contributed by atoms with Crippen LogP contribution in [0.25, 0.3) is 0 Å². The van der Waals surface area contributed by atoms with E-state index in [-0.39, 0.29) is 37.0 Å². The van der Waals surface area contributed by atoms with Crippen LogP contribution in [0, 0.1) is 5.82 Å². The fourth-order valence-electron chi connectivity index (χ4n) is 3.35. The molecule has 168 valence electrons. The molecule has 0 atom stereocenters. The van der Waals surface area contributed by atoms with Crippen LogP contribution >= 0.6 is 0 Å². The number of esters is 1. The van der Waals surface area contributed by atoms with Gasteiger partial charge in [0.05, 0.1) is 18.7 Å². The first-order chi connectivity index (χ1) is 15.5. The van der Waals surface area contributed by atoms with Gasteiger partial charge in [0.1, 0.15) is 5.82 Å². The highest BCUT2D eigenvalue weighted by atomic mass is 19.1. The summed E-state index contributed by atoms with van der Waals surface area (Å²) in [7, 11) is 0. The van der Waals surface area contributed by atoms with Crippen molar-refractivity contribution >= 4 is 23.5 Å². The number of amides is 2. The van der Waals surface area contributed by atoms with E-state index in [1.54, 1.807) is 19.1 Å². The average molecular weight is 439 g/mol. The van der Waals surface area contributed by atoms with Crippen molar-refractivity contribution in [3.63, 3.8) is 0 Å². The molecule has 1 heterocycles. The second-order valence-corrected chi connectivity index (χ2v) is 7.38. The fourth-order valence-corrected chi connectivity index (χ4v) is 3.35. The van der Waals surface area contributed by atoms with E-state index in [4.69, 9.17) is 4.74 Å². The first kappa shape index (κ1) is 23.1. The van der Waals surface area contributed by atoms with Gasteiger partial charge in [-0.3, -0.25) is 14.4 Å². The van der Waals surface area contributed by atoms with Crippen molar-refractivity contribution in [1.29, 1.82) is 0 Å². The minimum absolute atomic E-state index is 0.0423. The second-order valence-electron chi connectivity index (χ2n) is 7.38. The van der Waals surface area contributed by atoms with Gasteiger partial charge in [0, 0.05) is 25.9 Å². The monoisotopic (exact) mass is 439 g/mol. The Balaban J connectivity index is 1.42. The SMILES string of the molecule is CCN(Cc1cccc(F)c1)C(=O)COC(=O)CCC(=O)N1CCC(c2ccccc2)=N1. The predicted molar refractivity (Wildman–Crippen MR) is 117 cm³/mol. The summed E-state index contributed by atoms with van der Waals surface area (Å²) in [5, 5.41) is 5.73. The minimum Gasteiger partial charge on any atom is -0.456 e. The van der Waals surface area contributed by atoms with E-state index in [1.807, 2.05) is 30.3 Å². The van der Waals surface area contributed by atoms with Gasteiger partial charge >= 0.3 is 5.97 Å². The van der Waals surface area contributed by atoms with E-state index < -0.39 is 12.6 Å². The average Bonchev–Trinajstić information content (AvgIpc) is 3.30. The third-order valence-electron chi connectivity index (χ3n) is 5.09. The summed E-state index contributed by atoms with van der Waals surface area (Å²) in [6, 6.07) is 15.6. The van der Waals surface area contributed by atoms with Crippen LogP contribution in [-0.4, -0.2) is 53.1 Å². The Morgan fingerprint density at radius 3 is 2.59 bits per heavy atom. The van der Waals surface area contributed by atoms with Gasteiger partial charge in [-0.25, -0.2) is 9.40 Å². The van der Waals surface area contributed by atoms with Crippen molar-refractivity contribution in [2.24, 2.45) is 5.10 Å². The third-order valence-corrected chi connectivity index (χ3v) is 5.09. The summed E-state index contributed by atoms with van der Waals surface area (Å²) in [4.78, 5) is 38.2. The van der Waals surface area contributed by atoms with Crippen molar-refractivity contribution in [2.75, 3.05) is 19.7 Å². The summed E-state index contributed by atoms with van der Waals surface area (Å²) in [5.41, 5.74) is 2.46. The molecule has 1 aliphatic rings. The van der Waals surface area contributed by atoms with E-state index in [9.17, 15) is 18.8 Å². The Morgan fingerprint density at radius 2 is 1.88 bits per heavy atom. The van der Waals surface area contributed by atoms with Gasteiger partial charge in [-0.05, 0) is 30.2 Å². The highest BCUT2D eigenvalue weighted by Gasteiger charge is 2.22. The van der Waals surface area contributed by atoms with Crippen molar-refractivity contribution in [3.8, 4) is 0 Å². The van der Waals surface area contributed by atoms with Gasteiger partial charge in [0.15, 0.2) is 6.61 Å². The number of nitrogens with zero attached hydrogens (tertiary/aromatic N) is 3. The highest BCUT2D eigenvalue weighted by Crippen LogP contribution is 2.15. The summed E-state index contributed by atoms with van der Waals surface area (Å²) < 4.78 is 18.4. The Labute approximate surface area is 186 Å². The Morgan fingerprint density at radius 1 is 1.09 bits per heavy atom. The van der Waals surface area contributed by atoms with Gasteiger partial charge in [-0.1, -0.05) is 42.5 Å². The zero-order valence-corrected chi connectivity index (χ0v) is 18.0. The number of halogens is 1. The lowest BCUT2D eigenvalue weighted by Crippen LogP contribution is -2.34. The molecule has 8 heteroatoms. The third kappa shape index (κ3) is 6.47. The Hall–Kier alpha value is -3.55. The number of hydrogen-bond donors (Lipinski definition) is 0. The van der Waals surface area contributed by atoms with Gasteiger partial charge < -0.3 is 9.64 Å². The number of carbonyl (C=O) groups excluding carboxylic acids is 3. The zero-order chi connectivity index (χ0) is 22.9. The molecular formula is C24H26FN3O4. The molecular weight excluding hydrogens is 413 g/mol. The Bertz CT molecular complexity index is 994. The van der Waals surface area contributed by atoms with Gasteiger partial charge in [0.2, 0.25) is 5.91 Å². The molecule has 0 spiro atoms. The highest BCUT2D eigenvalue weighted by molar-refractivity contribution is 6.02. The topological polar surface area (TPSA) is 79.3 Å². The van der Waals surface area contributed by atoms with Crippen LogP contribution in [0.15, 0.2) is 59.7 Å². The summed E-state index contributed by atoms with van der Waals surface area (Å²) >= 11 is 0. The van der Waals surface area contributed by atoms with Crippen LogP contribution in [0.3, 0.4) is 0 Å². The molecule has 0 radical (unpaired) electrons. The molecule has 0 bridgehead atoms. The van der Waals surface area contributed by atoms with E-state index in [1.165, 1.54) is 22.0 Å². The predicted octanol–water partition coefficient (Wildman–Crippen LogP) is 3.13. The molecule has 1 aliphatic heterocycles. The molecule has 0 fully saturated rings. The van der Waals surface area contributed by atoms with Crippen LogP contribution in [0.5, 0.6) is 0 Å². The number of hydrogen-bond acceptors (Lipinski definition) is 5. The molecule has 0 N–H and O–H groups in total. The van der Waals surface area contributed by atoms with E-state index in [2.05, 4.69) is 5.10 Å². The largest absolute Gasteiger partial charge is 0.456 e. The molecule has 2 amide bonds. The maximum absolute atomic E-state index is 13.3. The maximum Gasteiger partial charge on any atom is 0.306 e. The van der Waals surface area contributed by atoms with Crippen molar-refractivity contribution < 1.29 is 23.5 Å². The number of hydrazone groups is 1. The molecule has 0 aromatic heterocycles. The normalized spacial score (nSPS) is 12.9. The second kappa shape index (κ2) is 11.2. The molecule has 32 heavy (non-hydrogen) atoms.